The standard InChI is InChI=1S/C11H21N3O3/c12-5-3-10-17-9-2-1-6-13-7-4-8-14-11(15)16/h13-14H,1-4,6-10H2,(H,15,16). The molecule has 0 aliphatic heterocycles. The molecule has 0 aliphatic carbocycles. The highest BCUT2D eigenvalue weighted by Gasteiger charge is 1.93. The predicted octanol–water partition coefficient (Wildman–Crippen LogP) is 0.944. The van der Waals surface area contributed by atoms with Crippen molar-refractivity contribution in [3.63, 3.8) is 0 Å². The number of nitrogens with one attached hydrogen (secondary N) is 2. The molecule has 0 aliphatic rings. The molecule has 6 heteroatoms. The molecule has 0 fully saturated rings. The van der Waals surface area contributed by atoms with E-state index in [1.807, 2.05) is 6.07 Å². The number of ether oxygens (including phenoxy) is 1. The van der Waals surface area contributed by atoms with E-state index in [9.17, 15) is 4.79 Å². The minimum Gasteiger partial charge on any atom is -0.465 e. The molecule has 0 atom stereocenters. The SMILES string of the molecule is N#CCCOCCCCNCCCNC(=O)O. The second-order valence-corrected chi connectivity index (χ2v) is 3.56. The van der Waals surface area contributed by atoms with Gasteiger partial charge in [-0.05, 0) is 32.4 Å². The van der Waals surface area contributed by atoms with E-state index in [4.69, 9.17) is 15.1 Å². The Bertz CT molecular complexity index is 228. The van der Waals surface area contributed by atoms with Crippen molar-refractivity contribution in [3.8, 4) is 6.07 Å². The van der Waals surface area contributed by atoms with Gasteiger partial charge in [-0.25, -0.2) is 4.79 Å². The molecule has 0 rings (SSSR count). The smallest absolute Gasteiger partial charge is 0.404 e. The highest BCUT2D eigenvalue weighted by molar-refractivity contribution is 5.64. The van der Waals surface area contributed by atoms with Gasteiger partial charge in [-0.1, -0.05) is 0 Å². The Kier molecular flexibility index (Phi) is 11.8. The molecule has 17 heavy (non-hydrogen) atoms. The van der Waals surface area contributed by atoms with Gasteiger partial charge < -0.3 is 20.5 Å². The van der Waals surface area contributed by atoms with Crippen LogP contribution in [-0.2, 0) is 4.74 Å². The number of nitriles is 1. The zero-order chi connectivity index (χ0) is 12.8. The number of nitrogens with zero attached hydrogens (tertiary/aromatic N) is 1. The third-order valence-electron chi connectivity index (χ3n) is 2.06. The van der Waals surface area contributed by atoms with E-state index < -0.39 is 6.09 Å². The van der Waals surface area contributed by atoms with Gasteiger partial charge in [0.25, 0.3) is 0 Å². The number of rotatable bonds is 11. The van der Waals surface area contributed by atoms with E-state index in [0.29, 0.717) is 26.2 Å². The summed E-state index contributed by atoms with van der Waals surface area (Å²) in [6, 6.07) is 2.02. The van der Waals surface area contributed by atoms with Crippen LogP contribution in [0.15, 0.2) is 0 Å². The van der Waals surface area contributed by atoms with Crippen LogP contribution in [0.4, 0.5) is 4.79 Å². The molecule has 0 saturated carbocycles. The number of unbranched alkanes of at least 4 members (excludes halogenated alkanes) is 1. The molecule has 0 unspecified atom stereocenters. The Balaban J connectivity index is 2.94. The zero-order valence-electron chi connectivity index (χ0n) is 10.1. The quantitative estimate of drug-likeness (QED) is 0.469. The highest BCUT2D eigenvalue weighted by Crippen LogP contribution is 1.90. The molecule has 0 spiro atoms. The Hall–Kier alpha value is -1.32. The molecule has 0 aromatic heterocycles. The maximum Gasteiger partial charge on any atom is 0.404 e. The molecule has 0 radical (unpaired) electrons. The molecule has 98 valence electrons. The van der Waals surface area contributed by atoms with Gasteiger partial charge in [0, 0.05) is 13.2 Å². The van der Waals surface area contributed by atoms with E-state index in [0.717, 1.165) is 32.4 Å². The van der Waals surface area contributed by atoms with E-state index in [1.165, 1.54) is 0 Å². The molecule has 0 bridgehead atoms. The molecule has 0 aromatic carbocycles. The topological polar surface area (TPSA) is 94.4 Å². The van der Waals surface area contributed by atoms with Gasteiger partial charge in [0.2, 0.25) is 0 Å². The lowest BCUT2D eigenvalue weighted by molar-refractivity contribution is 0.135. The molecule has 6 nitrogen and oxygen atoms in total. The molecule has 3 N–H and O–H groups in total. The van der Waals surface area contributed by atoms with E-state index >= 15 is 0 Å². The molecule has 0 aromatic rings. The van der Waals surface area contributed by atoms with Crippen LogP contribution in [0.2, 0.25) is 0 Å². The monoisotopic (exact) mass is 243 g/mol. The molecular weight excluding hydrogens is 222 g/mol. The summed E-state index contributed by atoms with van der Waals surface area (Å²) in [5, 5.41) is 22.1. The summed E-state index contributed by atoms with van der Waals surface area (Å²) in [6.07, 6.45) is 2.28. The highest BCUT2D eigenvalue weighted by atomic mass is 16.5. The van der Waals surface area contributed by atoms with Crippen molar-refractivity contribution in [1.29, 1.82) is 5.26 Å². The Morgan fingerprint density at radius 2 is 1.94 bits per heavy atom. The van der Waals surface area contributed by atoms with Crippen LogP contribution in [0, 0.1) is 11.3 Å². The minimum absolute atomic E-state index is 0.453. The van der Waals surface area contributed by atoms with Gasteiger partial charge >= 0.3 is 6.09 Å². The second-order valence-electron chi connectivity index (χ2n) is 3.56. The summed E-state index contributed by atoms with van der Waals surface area (Å²) in [4.78, 5) is 10.1. The first-order chi connectivity index (χ1) is 8.27. The number of hydrogen-bond acceptors (Lipinski definition) is 4. The van der Waals surface area contributed by atoms with Crippen molar-refractivity contribution in [1.82, 2.24) is 10.6 Å². The van der Waals surface area contributed by atoms with Crippen LogP contribution in [0.1, 0.15) is 25.7 Å². The first-order valence-electron chi connectivity index (χ1n) is 5.89. The van der Waals surface area contributed by atoms with Crippen molar-refractivity contribution in [2.24, 2.45) is 0 Å². The fraction of sp³-hybridized carbons (Fsp3) is 0.818. The molecule has 1 amide bonds. The van der Waals surface area contributed by atoms with Gasteiger partial charge in [-0.3, -0.25) is 0 Å². The third kappa shape index (κ3) is 14.7. The van der Waals surface area contributed by atoms with Crippen LogP contribution in [-0.4, -0.2) is 44.0 Å². The zero-order valence-corrected chi connectivity index (χ0v) is 10.1. The average Bonchev–Trinajstić information content (AvgIpc) is 2.30. The van der Waals surface area contributed by atoms with Crippen LogP contribution in [0.25, 0.3) is 0 Å². The molecule has 0 heterocycles. The first kappa shape index (κ1) is 15.7. The lowest BCUT2D eigenvalue weighted by Gasteiger charge is -2.05. The largest absolute Gasteiger partial charge is 0.465 e. The number of carbonyl (C=O) groups is 1. The van der Waals surface area contributed by atoms with Crippen LogP contribution in [0.5, 0.6) is 0 Å². The summed E-state index contributed by atoms with van der Waals surface area (Å²) in [7, 11) is 0. The summed E-state index contributed by atoms with van der Waals surface area (Å²) in [6.45, 7) is 3.43. The van der Waals surface area contributed by atoms with E-state index in [2.05, 4.69) is 10.6 Å². The Labute approximate surface area is 102 Å². The van der Waals surface area contributed by atoms with Gasteiger partial charge in [0.15, 0.2) is 0 Å². The van der Waals surface area contributed by atoms with Crippen LogP contribution < -0.4 is 10.6 Å². The van der Waals surface area contributed by atoms with Gasteiger partial charge in [-0.2, -0.15) is 5.26 Å². The Morgan fingerprint density at radius 3 is 2.65 bits per heavy atom. The maximum absolute atomic E-state index is 10.1. The molecule has 0 saturated heterocycles. The van der Waals surface area contributed by atoms with Gasteiger partial charge in [0.05, 0.1) is 19.1 Å². The lowest BCUT2D eigenvalue weighted by atomic mass is 10.3. The number of carboxylic acid groups (broad SMARTS) is 1. The lowest BCUT2D eigenvalue weighted by Crippen LogP contribution is -2.26. The summed E-state index contributed by atoms with van der Waals surface area (Å²) in [5.74, 6) is 0. The van der Waals surface area contributed by atoms with E-state index in [-0.39, 0.29) is 0 Å². The predicted molar refractivity (Wildman–Crippen MR) is 63.8 cm³/mol. The van der Waals surface area contributed by atoms with Crippen molar-refractivity contribution in [3.05, 3.63) is 0 Å². The summed E-state index contributed by atoms with van der Waals surface area (Å²) in [5.41, 5.74) is 0. The van der Waals surface area contributed by atoms with Crippen molar-refractivity contribution >= 4 is 6.09 Å². The van der Waals surface area contributed by atoms with Crippen molar-refractivity contribution in [2.45, 2.75) is 25.7 Å². The van der Waals surface area contributed by atoms with E-state index in [1.54, 1.807) is 0 Å². The number of hydrogen-bond donors (Lipinski definition) is 3. The minimum atomic E-state index is -0.973. The Morgan fingerprint density at radius 1 is 1.18 bits per heavy atom. The summed E-state index contributed by atoms with van der Waals surface area (Å²) < 4.78 is 5.22. The molecular formula is C11H21N3O3. The first-order valence-corrected chi connectivity index (χ1v) is 5.89. The average molecular weight is 243 g/mol. The fourth-order valence-corrected chi connectivity index (χ4v) is 1.21. The number of amides is 1. The van der Waals surface area contributed by atoms with Gasteiger partial charge in [-0.15, -0.1) is 0 Å². The van der Waals surface area contributed by atoms with Crippen molar-refractivity contribution < 1.29 is 14.6 Å². The fourth-order valence-electron chi connectivity index (χ4n) is 1.21. The van der Waals surface area contributed by atoms with Crippen LogP contribution in [0.3, 0.4) is 0 Å². The van der Waals surface area contributed by atoms with Gasteiger partial charge in [0.1, 0.15) is 0 Å². The third-order valence-corrected chi connectivity index (χ3v) is 2.06. The van der Waals surface area contributed by atoms with Crippen molar-refractivity contribution in [2.75, 3.05) is 32.8 Å². The maximum atomic E-state index is 10.1. The van der Waals surface area contributed by atoms with Crippen LogP contribution >= 0.6 is 0 Å². The summed E-state index contributed by atoms with van der Waals surface area (Å²) >= 11 is 0. The second kappa shape index (κ2) is 12.7. The normalized spacial score (nSPS) is 9.82.